The first-order valence-electron chi connectivity index (χ1n) is 7.79. The lowest BCUT2D eigenvalue weighted by molar-refractivity contribution is 0.270. The van der Waals surface area contributed by atoms with Crippen molar-refractivity contribution in [3.05, 3.63) is 29.0 Å². The van der Waals surface area contributed by atoms with E-state index in [2.05, 4.69) is 16.6 Å². The lowest BCUT2D eigenvalue weighted by Gasteiger charge is -2.31. The minimum Gasteiger partial charge on any atom is -0.370 e. The van der Waals surface area contributed by atoms with Gasteiger partial charge in [0.1, 0.15) is 10.7 Å². The number of benzene rings is 1. The zero-order valence-corrected chi connectivity index (χ0v) is 17.8. The second-order valence-electron chi connectivity index (χ2n) is 5.91. The molecule has 1 aromatic carbocycles. The van der Waals surface area contributed by atoms with Gasteiger partial charge in [-0.25, -0.2) is 17.5 Å². The molecule has 1 fully saturated rings. The molecule has 1 aliphatic rings. The Balaban J connectivity index is 0.00000312. The van der Waals surface area contributed by atoms with E-state index in [1.165, 1.54) is 12.5 Å². The number of nitrogens with one attached hydrogen (secondary N) is 1. The Bertz CT molecular complexity index is 717. The largest absolute Gasteiger partial charge is 0.370 e. The highest BCUT2D eigenvalue weighted by Gasteiger charge is 2.19. The van der Waals surface area contributed by atoms with Crippen LogP contribution in [0.1, 0.15) is 19.8 Å². The normalized spacial score (nSPS) is 18.8. The third-order valence-electron chi connectivity index (χ3n) is 3.84. The van der Waals surface area contributed by atoms with Gasteiger partial charge in [0.25, 0.3) is 0 Å². The highest BCUT2D eigenvalue weighted by atomic mass is 127. The summed E-state index contributed by atoms with van der Waals surface area (Å²) in [4.78, 5) is 5.76. The molecule has 1 aliphatic heterocycles. The minimum absolute atomic E-state index is 0. The highest BCUT2D eigenvalue weighted by Crippen LogP contribution is 2.18. The van der Waals surface area contributed by atoms with Crippen molar-refractivity contribution in [2.45, 2.75) is 24.7 Å². The fourth-order valence-corrected chi connectivity index (χ4v) is 3.86. The van der Waals surface area contributed by atoms with Crippen LogP contribution in [0.4, 0.5) is 4.39 Å². The maximum absolute atomic E-state index is 13.7. The van der Waals surface area contributed by atoms with E-state index in [1.54, 1.807) is 0 Å². The monoisotopic (exact) mass is 504 g/mol. The Morgan fingerprint density at radius 3 is 2.88 bits per heavy atom. The van der Waals surface area contributed by atoms with Gasteiger partial charge in [-0.2, -0.15) is 0 Å². The number of hydrogen-bond donors (Lipinski definition) is 2. The molecular formula is C15H23ClFIN4O2S. The van der Waals surface area contributed by atoms with Crippen LogP contribution < -0.4 is 10.5 Å². The molecule has 0 aromatic heterocycles. The van der Waals surface area contributed by atoms with Crippen LogP contribution in [-0.4, -0.2) is 45.5 Å². The molecule has 0 amide bonds. The summed E-state index contributed by atoms with van der Waals surface area (Å²) < 4.78 is 40.2. The van der Waals surface area contributed by atoms with Crippen LogP contribution in [0.2, 0.25) is 5.02 Å². The Morgan fingerprint density at radius 2 is 2.24 bits per heavy atom. The van der Waals surface area contributed by atoms with Crippen molar-refractivity contribution < 1.29 is 12.8 Å². The Labute approximate surface area is 170 Å². The summed E-state index contributed by atoms with van der Waals surface area (Å²) in [6, 6.07) is 3.42. The minimum atomic E-state index is -3.95. The van der Waals surface area contributed by atoms with Crippen LogP contribution in [0.25, 0.3) is 0 Å². The number of halogens is 3. The van der Waals surface area contributed by atoms with Crippen molar-refractivity contribution in [3.63, 3.8) is 0 Å². The van der Waals surface area contributed by atoms with E-state index >= 15 is 0 Å². The third kappa shape index (κ3) is 6.54. The van der Waals surface area contributed by atoms with Crippen molar-refractivity contribution in [3.8, 4) is 0 Å². The summed E-state index contributed by atoms with van der Waals surface area (Å²) in [5.41, 5.74) is 5.94. The molecule has 2 rings (SSSR count). The zero-order valence-electron chi connectivity index (χ0n) is 13.9. The van der Waals surface area contributed by atoms with Gasteiger partial charge in [-0.05, 0) is 37.0 Å². The first-order valence-corrected chi connectivity index (χ1v) is 9.65. The molecule has 6 nitrogen and oxygen atoms in total. The molecule has 3 N–H and O–H groups in total. The van der Waals surface area contributed by atoms with E-state index in [1.807, 2.05) is 4.90 Å². The van der Waals surface area contributed by atoms with E-state index in [0.717, 1.165) is 31.6 Å². The van der Waals surface area contributed by atoms with Crippen LogP contribution in [0.15, 0.2) is 28.1 Å². The number of likely N-dealkylation sites (tertiary alicyclic amines) is 1. The maximum atomic E-state index is 13.7. The Morgan fingerprint density at radius 1 is 1.52 bits per heavy atom. The summed E-state index contributed by atoms with van der Waals surface area (Å²) in [7, 11) is -3.95. The van der Waals surface area contributed by atoms with Gasteiger partial charge in [0.15, 0.2) is 5.96 Å². The summed E-state index contributed by atoms with van der Waals surface area (Å²) in [5, 5.41) is 0.139. The third-order valence-corrected chi connectivity index (χ3v) is 5.57. The van der Waals surface area contributed by atoms with Crippen LogP contribution in [-0.2, 0) is 10.0 Å². The van der Waals surface area contributed by atoms with Gasteiger partial charge in [-0.1, -0.05) is 18.5 Å². The number of sulfonamides is 1. The number of aliphatic imine (C=N–C) groups is 1. The lowest BCUT2D eigenvalue weighted by Crippen LogP contribution is -2.43. The molecule has 1 heterocycles. The average molecular weight is 505 g/mol. The molecule has 1 saturated heterocycles. The smallest absolute Gasteiger partial charge is 0.243 e. The summed E-state index contributed by atoms with van der Waals surface area (Å²) in [6.45, 7) is 4.10. The summed E-state index contributed by atoms with van der Waals surface area (Å²) in [6.07, 6.45) is 2.25. The van der Waals surface area contributed by atoms with E-state index in [9.17, 15) is 12.8 Å². The predicted molar refractivity (Wildman–Crippen MR) is 108 cm³/mol. The van der Waals surface area contributed by atoms with E-state index < -0.39 is 20.7 Å². The van der Waals surface area contributed by atoms with Gasteiger partial charge in [0.2, 0.25) is 10.0 Å². The molecule has 0 saturated carbocycles. The van der Waals surface area contributed by atoms with Gasteiger partial charge in [-0.3, -0.25) is 4.99 Å². The van der Waals surface area contributed by atoms with Crippen molar-refractivity contribution in [2.75, 3.05) is 26.2 Å². The average Bonchev–Trinajstić information content (AvgIpc) is 2.51. The molecule has 1 unspecified atom stereocenters. The fourth-order valence-electron chi connectivity index (χ4n) is 2.62. The number of nitrogens with two attached hydrogens (primary N) is 1. The molecule has 0 bridgehead atoms. The molecule has 10 heteroatoms. The van der Waals surface area contributed by atoms with E-state index in [-0.39, 0.29) is 42.1 Å². The molecule has 0 aliphatic carbocycles. The number of rotatable bonds is 5. The van der Waals surface area contributed by atoms with Gasteiger partial charge in [-0.15, -0.1) is 24.0 Å². The maximum Gasteiger partial charge on any atom is 0.243 e. The molecule has 1 aromatic rings. The molecular weight excluding hydrogens is 482 g/mol. The first kappa shape index (κ1) is 22.4. The second kappa shape index (κ2) is 9.89. The Kier molecular flexibility index (Phi) is 8.85. The van der Waals surface area contributed by atoms with Crippen LogP contribution >= 0.6 is 35.6 Å². The second-order valence-corrected chi connectivity index (χ2v) is 8.08. The molecule has 142 valence electrons. The number of piperidine rings is 1. The molecule has 0 radical (unpaired) electrons. The zero-order chi connectivity index (χ0) is 17.7. The summed E-state index contributed by atoms with van der Waals surface area (Å²) >= 11 is 5.62. The van der Waals surface area contributed by atoms with Crippen molar-refractivity contribution in [1.82, 2.24) is 9.62 Å². The Hall–Kier alpha value is -0.650. The van der Waals surface area contributed by atoms with Crippen LogP contribution in [0.3, 0.4) is 0 Å². The fraction of sp³-hybridized carbons (Fsp3) is 0.533. The number of nitrogens with zero attached hydrogens (tertiary/aromatic N) is 2. The van der Waals surface area contributed by atoms with Crippen molar-refractivity contribution >= 4 is 51.6 Å². The van der Waals surface area contributed by atoms with Crippen LogP contribution in [0, 0.1) is 11.7 Å². The lowest BCUT2D eigenvalue weighted by atomic mass is 10.0. The topological polar surface area (TPSA) is 87.8 Å². The van der Waals surface area contributed by atoms with Crippen molar-refractivity contribution in [1.29, 1.82) is 0 Å². The van der Waals surface area contributed by atoms with Gasteiger partial charge in [0.05, 0.1) is 6.54 Å². The standard InChI is InChI=1S/C15H22ClFN4O2S.HI/c1-11-3-2-8-21(10-11)15(18)19-6-7-20-24(22,23)14-5-4-12(16)9-13(14)17;/h4-5,9,11,20H,2-3,6-8,10H2,1H3,(H2,18,19);1H. The summed E-state index contributed by atoms with van der Waals surface area (Å²) in [5.74, 6) is 0.0950. The molecule has 25 heavy (non-hydrogen) atoms. The van der Waals surface area contributed by atoms with Crippen molar-refractivity contribution in [2.24, 2.45) is 16.6 Å². The quantitative estimate of drug-likeness (QED) is 0.279. The van der Waals surface area contributed by atoms with E-state index in [0.29, 0.717) is 11.9 Å². The van der Waals surface area contributed by atoms with E-state index in [4.69, 9.17) is 17.3 Å². The molecule has 0 spiro atoms. The predicted octanol–water partition coefficient (Wildman–Crippen LogP) is 2.42. The van der Waals surface area contributed by atoms with Gasteiger partial charge >= 0.3 is 0 Å². The number of hydrogen-bond acceptors (Lipinski definition) is 3. The molecule has 1 atom stereocenters. The number of guanidine groups is 1. The highest BCUT2D eigenvalue weighted by molar-refractivity contribution is 14.0. The van der Waals surface area contributed by atoms with Gasteiger partial charge in [0, 0.05) is 24.7 Å². The first-order chi connectivity index (χ1) is 11.3. The van der Waals surface area contributed by atoms with Crippen LogP contribution in [0.5, 0.6) is 0 Å². The van der Waals surface area contributed by atoms with Gasteiger partial charge < -0.3 is 10.6 Å². The SMILES string of the molecule is CC1CCCN(C(N)=NCCNS(=O)(=O)c2ccc(Cl)cc2F)C1.I.